The zero-order valence-electron chi connectivity index (χ0n) is 18.0. The van der Waals surface area contributed by atoms with Crippen LogP contribution in [0.25, 0.3) is 11.0 Å². The van der Waals surface area contributed by atoms with E-state index in [1.54, 1.807) is 14.0 Å². The molecule has 0 radical (unpaired) electrons. The van der Waals surface area contributed by atoms with Crippen molar-refractivity contribution in [1.29, 1.82) is 0 Å². The number of carbonyl (C=O) groups excluding carboxylic acids is 1. The van der Waals surface area contributed by atoms with Gasteiger partial charge in [-0.25, -0.2) is 14.8 Å². The lowest BCUT2D eigenvalue weighted by Gasteiger charge is -2.23. The third-order valence-electron chi connectivity index (χ3n) is 4.09. The number of carbonyl (C=O) groups is 1. The van der Waals surface area contributed by atoms with Gasteiger partial charge in [-0.15, -0.1) is 0 Å². The summed E-state index contributed by atoms with van der Waals surface area (Å²) in [5, 5.41) is 3.11. The van der Waals surface area contributed by atoms with Gasteiger partial charge < -0.3 is 5.32 Å². The highest BCUT2D eigenvalue weighted by atomic mass is 32.2. The second-order valence-corrected chi connectivity index (χ2v) is 10.3. The summed E-state index contributed by atoms with van der Waals surface area (Å²) in [5.41, 5.74) is -1.40. The monoisotopic (exact) mass is 407 g/mol. The Kier molecular flexibility index (Phi) is 5.81. The zero-order chi connectivity index (χ0) is 21.6. The van der Waals surface area contributed by atoms with Gasteiger partial charge in [0.1, 0.15) is 16.2 Å². The molecule has 2 aromatic rings. The summed E-state index contributed by atoms with van der Waals surface area (Å²) in [6.45, 7) is 13.4. The fraction of sp³-hybridized carbons (Fsp3) is 0.632. The highest BCUT2D eigenvalue weighted by Gasteiger charge is 2.27. The van der Waals surface area contributed by atoms with Gasteiger partial charge in [-0.2, -0.15) is 0 Å². The third kappa shape index (κ3) is 4.45. The van der Waals surface area contributed by atoms with Gasteiger partial charge in [0.25, 0.3) is 5.56 Å². The van der Waals surface area contributed by atoms with Crippen LogP contribution in [0, 0.1) is 0 Å². The van der Waals surface area contributed by atoms with Crippen LogP contribution in [-0.2, 0) is 24.3 Å². The lowest BCUT2D eigenvalue weighted by atomic mass is 9.96. The lowest BCUT2D eigenvalue weighted by molar-refractivity contribution is -0.121. The van der Waals surface area contributed by atoms with Crippen molar-refractivity contribution < 1.29 is 4.79 Å². The summed E-state index contributed by atoms with van der Waals surface area (Å²) in [6.07, 6.45) is 0. The van der Waals surface area contributed by atoms with Crippen LogP contribution in [0.1, 0.15) is 54.3 Å². The van der Waals surface area contributed by atoms with Crippen LogP contribution in [-0.4, -0.2) is 35.8 Å². The Hall–Kier alpha value is -2.16. The van der Waals surface area contributed by atoms with Crippen molar-refractivity contribution in [2.24, 2.45) is 14.1 Å². The summed E-state index contributed by atoms with van der Waals surface area (Å²) in [6, 6.07) is 0. The highest BCUT2D eigenvalue weighted by Crippen LogP contribution is 2.29. The van der Waals surface area contributed by atoms with E-state index in [0.717, 1.165) is 4.57 Å². The maximum atomic E-state index is 12.8. The first-order valence-corrected chi connectivity index (χ1v) is 9.98. The average molecular weight is 408 g/mol. The van der Waals surface area contributed by atoms with Crippen LogP contribution in [0.15, 0.2) is 14.6 Å². The SMILES string of the molecule is CC(Sc1nc(C(C)(C)C)nc2c1c(=O)n(C)c(=O)n2C)C(=O)NC(C)(C)C. The highest BCUT2D eigenvalue weighted by molar-refractivity contribution is 8.00. The molecular formula is C19H29N5O3S. The number of amides is 1. The van der Waals surface area contributed by atoms with E-state index >= 15 is 0 Å². The standard InChI is InChI=1S/C19H29N5O3S/c1-10(13(25)22-19(5,6)7)28-14-11-12(20-16(21-14)18(2,3)4)23(8)17(27)24(9)15(11)26/h10H,1-9H3,(H,22,25). The van der Waals surface area contributed by atoms with Crippen LogP contribution in [0.2, 0.25) is 0 Å². The molecule has 0 fully saturated rings. The van der Waals surface area contributed by atoms with Crippen LogP contribution in [0.3, 0.4) is 0 Å². The first-order valence-electron chi connectivity index (χ1n) is 9.10. The van der Waals surface area contributed by atoms with Crippen LogP contribution >= 0.6 is 11.8 Å². The van der Waals surface area contributed by atoms with Gasteiger partial charge in [-0.05, 0) is 27.7 Å². The van der Waals surface area contributed by atoms with Crippen LogP contribution in [0.5, 0.6) is 0 Å². The molecular weight excluding hydrogens is 378 g/mol. The molecule has 0 bridgehead atoms. The molecule has 9 heteroatoms. The maximum Gasteiger partial charge on any atom is 0.332 e. The Morgan fingerprint density at radius 3 is 2.11 bits per heavy atom. The summed E-state index contributed by atoms with van der Waals surface area (Å²) in [5.74, 6) is 0.359. The largest absolute Gasteiger partial charge is 0.351 e. The molecule has 1 N–H and O–H groups in total. The number of aryl methyl sites for hydroxylation is 1. The molecule has 1 atom stereocenters. The zero-order valence-corrected chi connectivity index (χ0v) is 18.8. The van der Waals surface area contributed by atoms with E-state index in [0.29, 0.717) is 10.9 Å². The van der Waals surface area contributed by atoms with E-state index in [9.17, 15) is 14.4 Å². The van der Waals surface area contributed by atoms with Gasteiger partial charge in [0.2, 0.25) is 5.91 Å². The van der Waals surface area contributed by atoms with E-state index in [4.69, 9.17) is 0 Å². The normalized spacial score (nSPS) is 13.6. The van der Waals surface area contributed by atoms with Crippen molar-refractivity contribution >= 4 is 28.7 Å². The fourth-order valence-electron chi connectivity index (χ4n) is 2.54. The topological polar surface area (TPSA) is 98.9 Å². The average Bonchev–Trinajstić information content (AvgIpc) is 2.55. The van der Waals surface area contributed by atoms with Crippen molar-refractivity contribution in [2.45, 2.75) is 69.7 Å². The molecule has 1 unspecified atom stereocenters. The Morgan fingerprint density at radius 1 is 1.04 bits per heavy atom. The van der Waals surface area contributed by atoms with Gasteiger partial charge in [-0.3, -0.25) is 18.7 Å². The number of nitrogens with one attached hydrogen (secondary N) is 1. The van der Waals surface area contributed by atoms with Crippen molar-refractivity contribution in [3.05, 3.63) is 26.7 Å². The second-order valence-electron chi connectivity index (χ2n) is 9.01. The number of hydrogen-bond donors (Lipinski definition) is 1. The quantitative estimate of drug-likeness (QED) is 0.614. The Morgan fingerprint density at radius 2 is 1.61 bits per heavy atom. The number of aromatic nitrogens is 4. The smallest absolute Gasteiger partial charge is 0.332 e. The van der Waals surface area contributed by atoms with Gasteiger partial charge in [-0.1, -0.05) is 32.5 Å². The predicted octanol–water partition coefficient (Wildman–Crippen LogP) is 1.72. The van der Waals surface area contributed by atoms with Gasteiger partial charge in [0.05, 0.1) is 5.25 Å². The van der Waals surface area contributed by atoms with E-state index in [2.05, 4.69) is 15.3 Å². The van der Waals surface area contributed by atoms with Crippen LogP contribution < -0.4 is 16.6 Å². The lowest BCUT2D eigenvalue weighted by Crippen LogP contribution is -2.44. The molecule has 0 spiro atoms. The number of fused-ring (bicyclic) bond motifs is 1. The molecule has 8 nitrogen and oxygen atoms in total. The van der Waals surface area contributed by atoms with Crippen molar-refractivity contribution in [1.82, 2.24) is 24.4 Å². The van der Waals surface area contributed by atoms with E-state index in [1.165, 1.54) is 23.4 Å². The molecule has 0 saturated heterocycles. The predicted molar refractivity (Wildman–Crippen MR) is 112 cm³/mol. The molecule has 0 aliphatic rings. The molecule has 1 amide bonds. The summed E-state index contributed by atoms with van der Waals surface area (Å²) in [4.78, 5) is 46.8. The van der Waals surface area contributed by atoms with Crippen molar-refractivity contribution in [3.8, 4) is 0 Å². The molecule has 0 aliphatic heterocycles. The van der Waals surface area contributed by atoms with Gasteiger partial charge in [0.15, 0.2) is 5.65 Å². The molecule has 28 heavy (non-hydrogen) atoms. The van der Waals surface area contributed by atoms with Crippen molar-refractivity contribution in [2.75, 3.05) is 0 Å². The number of nitrogens with zero attached hydrogens (tertiary/aromatic N) is 4. The van der Waals surface area contributed by atoms with Gasteiger partial charge >= 0.3 is 5.69 Å². The van der Waals surface area contributed by atoms with E-state index in [-0.39, 0.29) is 22.5 Å². The Labute approximate surface area is 168 Å². The maximum absolute atomic E-state index is 12.8. The number of rotatable bonds is 3. The summed E-state index contributed by atoms with van der Waals surface area (Å²) < 4.78 is 2.38. The molecule has 2 heterocycles. The summed E-state index contributed by atoms with van der Waals surface area (Å²) in [7, 11) is 3.00. The van der Waals surface area contributed by atoms with E-state index < -0.39 is 21.9 Å². The molecule has 2 aromatic heterocycles. The van der Waals surface area contributed by atoms with E-state index in [1.807, 2.05) is 41.5 Å². The molecule has 0 aliphatic carbocycles. The Balaban J connectivity index is 2.71. The van der Waals surface area contributed by atoms with Crippen LogP contribution in [0.4, 0.5) is 0 Å². The molecule has 0 aromatic carbocycles. The summed E-state index contributed by atoms with van der Waals surface area (Å²) >= 11 is 1.20. The first-order chi connectivity index (χ1) is 12.6. The Bertz CT molecular complexity index is 1040. The van der Waals surface area contributed by atoms with Crippen molar-refractivity contribution in [3.63, 3.8) is 0 Å². The number of hydrogen-bond acceptors (Lipinski definition) is 6. The molecule has 154 valence electrons. The number of thioether (sulfide) groups is 1. The fourth-order valence-corrected chi connectivity index (χ4v) is 3.48. The van der Waals surface area contributed by atoms with Gasteiger partial charge in [0, 0.05) is 25.0 Å². The second kappa shape index (κ2) is 7.35. The minimum Gasteiger partial charge on any atom is -0.351 e. The third-order valence-corrected chi connectivity index (χ3v) is 5.18. The first kappa shape index (κ1) is 22.1. The molecule has 0 saturated carbocycles. The molecule has 2 rings (SSSR count). The minimum atomic E-state index is -0.480. The minimum absolute atomic E-state index is 0.150.